The molecule has 1 aliphatic heterocycles. The molecule has 5 aromatic heterocycles. The van der Waals surface area contributed by atoms with Crippen LogP contribution in [0.5, 0.6) is 0 Å². The predicted octanol–water partition coefficient (Wildman–Crippen LogP) is 3.06. The number of hydrogen-bond acceptors (Lipinski definition) is 7. The van der Waals surface area contributed by atoms with E-state index in [4.69, 9.17) is 0 Å². The Morgan fingerprint density at radius 1 is 1.09 bits per heavy atom. The van der Waals surface area contributed by atoms with Gasteiger partial charge in [0.1, 0.15) is 0 Å². The Balaban J connectivity index is 1.26. The van der Waals surface area contributed by atoms with Crippen LogP contribution in [0.3, 0.4) is 0 Å². The molecule has 0 saturated carbocycles. The molecule has 0 aliphatic carbocycles. The SMILES string of the molecule is CN1CC[C@H](c2cncc(-c3ccn(-c4ccnc(Nc5cnn6ccccc56)n4)n3)c2)C1=O. The summed E-state index contributed by atoms with van der Waals surface area (Å²) in [7, 11) is 1.84. The van der Waals surface area contributed by atoms with E-state index in [1.54, 1.807) is 45.0 Å². The second kappa shape index (κ2) is 8.07. The third-order valence-corrected chi connectivity index (χ3v) is 6.02. The zero-order valence-corrected chi connectivity index (χ0v) is 18.4. The number of carbonyl (C=O) groups is 1. The Kier molecular flexibility index (Phi) is 4.76. The molecule has 0 spiro atoms. The fourth-order valence-corrected chi connectivity index (χ4v) is 4.21. The first-order valence-corrected chi connectivity index (χ1v) is 10.9. The van der Waals surface area contributed by atoms with Crippen molar-refractivity contribution in [1.82, 2.24) is 39.2 Å². The zero-order valence-electron chi connectivity index (χ0n) is 18.4. The molecule has 6 heterocycles. The summed E-state index contributed by atoms with van der Waals surface area (Å²) >= 11 is 0. The minimum Gasteiger partial charge on any atom is -0.345 e. The minimum absolute atomic E-state index is 0.136. The van der Waals surface area contributed by atoms with Crippen LogP contribution in [0.15, 0.2) is 73.6 Å². The van der Waals surface area contributed by atoms with Gasteiger partial charge in [0.25, 0.3) is 0 Å². The highest BCUT2D eigenvalue weighted by Gasteiger charge is 2.30. The van der Waals surface area contributed by atoms with Gasteiger partial charge in [0.2, 0.25) is 11.9 Å². The van der Waals surface area contributed by atoms with E-state index in [0.717, 1.165) is 41.0 Å². The third-order valence-electron chi connectivity index (χ3n) is 6.02. The van der Waals surface area contributed by atoms with Gasteiger partial charge in [-0.15, -0.1) is 0 Å². The Hall–Kier alpha value is -4.60. The quantitative estimate of drug-likeness (QED) is 0.438. The van der Waals surface area contributed by atoms with Gasteiger partial charge in [0.15, 0.2) is 5.82 Å². The molecule has 1 N–H and O–H groups in total. The second-order valence-electron chi connectivity index (χ2n) is 8.21. The average molecular weight is 451 g/mol. The molecular formula is C24H21N9O. The van der Waals surface area contributed by atoms with Gasteiger partial charge in [-0.25, -0.2) is 14.2 Å². The van der Waals surface area contributed by atoms with Crippen molar-refractivity contribution in [1.29, 1.82) is 0 Å². The van der Waals surface area contributed by atoms with E-state index in [-0.39, 0.29) is 11.8 Å². The van der Waals surface area contributed by atoms with Crippen LogP contribution in [0.4, 0.5) is 11.6 Å². The predicted molar refractivity (Wildman–Crippen MR) is 126 cm³/mol. The summed E-state index contributed by atoms with van der Waals surface area (Å²) in [5.41, 5.74) is 4.27. The van der Waals surface area contributed by atoms with Crippen LogP contribution in [-0.4, -0.2) is 58.7 Å². The van der Waals surface area contributed by atoms with Crippen LogP contribution in [0.2, 0.25) is 0 Å². The Labute approximate surface area is 194 Å². The topological polar surface area (TPSA) is 106 Å². The zero-order chi connectivity index (χ0) is 23.1. The van der Waals surface area contributed by atoms with Crippen molar-refractivity contribution in [3.63, 3.8) is 0 Å². The number of rotatable bonds is 5. The van der Waals surface area contributed by atoms with Gasteiger partial charge in [0.05, 0.1) is 29.0 Å². The Morgan fingerprint density at radius 3 is 2.91 bits per heavy atom. The Bertz CT molecular complexity index is 1510. The highest BCUT2D eigenvalue weighted by atomic mass is 16.2. The van der Waals surface area contributed by atoms with Gasteiger partial charge in [-0.05, 0) is 36.2 Å². The molecule has 0 unspecified atom stereocenters. The molecule has 10 nitrogen and oxygen atoms in total. The van der Waals surface area contributed by atoms with Crippen molar-refractivity contribution >= 4 is 23.1 Å². The summed E-state index contributed by atoms with van der Waals surface area (Å²) in [5, 5.41) is 12.2. The molecule has 0 aromatic carbocycles. The maximum absolute atomic E-state index is 12.4. The number of anilines is 2. The number of pyridine rings is 2. The molecule has 1 amide bonds. The first-order chi connectivity index (χ1) is 16.7. The molecule has 0 bridgehead atoms. The summed E-state index contributed by atoms with van der Waals surface area (Å²) in [6, 6.07) is 11.5. The lowest BCUT2D eigenvalue weighted by atomic mass is 9.98. The van der Waals surface area contributed by atoms with Gasteiger partial charge >= 0.3 is 0 Å². The maximum atomic E-state index is 12.4. The van der Waals surface area contributed by atoms with Gasteiger partial charge in [0, 0.05) is 56.2 Å². The second-order valence-corrected chi connectivity index (χ2v) is 8.21. The van der Waals surface area contributed by atoms with E-state index in [9.17, 15) is 4.79 Å². The molecule has 6 rings (SSSR count). The van der Waals surface area contributed by atoms with E-state index < -0.39 is 0 Å². The van der Waals surface area contributed by atoms with E-state index in [0.29, 0.717) is 11.8 Å². The maximum Gasteiger partial charge on any atom is 0.229 e. The van der Waals surface area contributed by atoms with Crippen LogP contribution >= 0.6 is 0 Å². The number of likely N-dealkylation sites (N-methyl/N-ethyl adjacent to an activating group) is 1. The highest BCUT2D eigenvalue weighted by Crippen LogP contribution is 2.29. The molecule has 168 valence electrons. The number of fused-ring (bicyclic) bond motifs is 1. The van der Waals surface area contributed by atoms with E-state index in [1.807, 2.05) is 49.8 Å². The smallest absolute Gasteiger partial charge is 0.229 e. The largest absolute Gasteiger partial charge is 0.345 e. The Morgan fingerprint density at radius 2 is 2.03 bits per heavy atom. The van der Waals surface area contributed by atoms with Crippen LogP contribution in [-0.2, 0) is 4.79 Å². The van der Waals surface area contributed by atoms with Crippen LogP contribution in [0.1, 0.15) is 17.9 Å². The summed E-state index contributed by atoms with van der Waals surface area (Å²) in [6.07, 6.45) is 11.5. The lowest BCUT2D eigenvalue weighted by Crippen LogP contribution is -2.21. The van der Waals surface area contributed by atoms with Gasteiger partial charge < -0.3 is 10.2 Å². The van der Waals surface area contributed by atoms with Crippen LogP contribution in [0, 0.1) is 0 Å². The lowest BCUT2D eigenvalue weighted by molar-refractivity contribution is -0.127. The van der Waals surface area contributed by atoms with Crippen molar-refractivity contribution in [3.05, 3.63) is 79.1 Å². The average Bonchev–Trinajstić information content (AvgIpc) is 3.60. The number of aromatic nitrogens is 7. The summed E-state index contributed by atoms with van der Waals surface area (Å²) in [4.78, 5) is 27.5. The summed E-state index contributed by atoms with van der Waals surface area (Å²) in [6.45, 7) is 0.766. The number of likely N-dealkylation sites (tertiary alicyclic amines) is 1. The lowest BCUT2D eigenvalue weighted by Gasteiger charge is -2.11. The van der Waals surface area contributed by atoms with Crippen molar-refractivity contribution < 1.29 is 4.79 Å². The molecular weight excluding hydrogens is 430 g/mol. The fourth-order valence-electron chi connectivity index (χ4n) is 4.21. The number of nitrogens with one attached hydrogen (secondary N) is 1. The van der Waals surface area contributed by atoms with Crippen molar-refractivity contribution in [3.8, 4) is 17.1 Å². The first-order valence-electron chi connectivity index (χ1n) is 10.9. The third kappa shape index (κ3) is 3.54. The summed E-state index contributed by atoms with van der Waals surface area (Å²) < 4.78 is 3.48. The number of amides is 1. The molecule has 1 aliphatic rings. The molecule has 5 aromatic rings. The highest BCUT2D eigenvalue weighted by molar-refractivity contribution is 5.85. The van der Waals surface area contributed by atoms with Gasteiger partial charge in [-0.3, -0.25) is 9.78 Å². The van der Waals surface area contributed by atoms with E-state index in [2.05, 4.69) is 30.5 Å². The standard InChI is InChI=1S/C24H21N9O/c1-31-10-6-18(23(31)34)16-12-17(14-25-13-16)19-7-11-33(30-19)22-5-8-26-24(29-22)28-20-15-27-32-9-3-2-4-21(20)32/h2-5,7-9,11-15,18H,6,10H2,1H3,(H,26,28,29)/t18-/m1/s1. The van der Waals surface area contributed by atoms with Crippen molar-refractivity contribution in [2.75, 3.05) is 18.9 Å². The monoisotopic (exact) mass is 451 g/mol. The molecule has 34 heavy (non-hydrogen) atoms. The van der Waals surface area contributed by atoms with Crippen LogP contribution < -0.4 is 5.32 Å². The first kappa shape index (κ1) is 20.0. The van der Waals surface area contributed by atoms with Crippen molar-refractivity contribution in [2.45, 2.75) is 12.3 Å². The number of carbonyl (C=O) groups excluding carboxylic acids is 1. The molecule has 1 saturated heterocycles. The normalized spacial score (nSPS) is 15.9. The minimum atomic E-state index is -0.144. The summed E-state index contributed by atoms with van der Waals surface area (Å²) in [5.74, 6) is 1.06. The number of nitrogens with zero attached hydrogens (tertiary/aromatic N) is 8. The van der Waals surface area contributed by atoms with E-state index >= 15 is 0 Å². The molecule has 1 fully saturated rings. The van der Waals surface area contributed by atoms with Crippen molar-refractivity contribution in [2.24, 2.45) is 0 Å². The van der Waals surface area contributed by atoms with E-state index in [1.165, 1.54) is 0 Å². The van der Waals surface area contributed by atoms with Gasteiger partial charge in [-0.1, -0.05) is 6.07 Å². The molecule has 10 heteroatoms. The molecule has 0 radical (unpaired) electrons. The van der Waals surface area contributed by atoms with Gasteiger partial charge in [-0.2, -0.15) is 15.2 Å². The molecule has 1 atom stereocenters. The number of hydrogen-bond donors (Lipinski definition) is 1. The van der Waals surface area contributed by atoms with Crippen LogP contribution in [0.25, 0.3) is 22.6 Å². The fraction of sp³-hybridized carbons (Fsp3) is 0.167.